The SMILES string of the molecule is CN(C)CC1CCCCC1(O)c1cccc(OS(=O)(=O)O)c1. The molecule has 0 spiro atoms. The minimum Gasteiger partial charge on any atom is -0.385 e. The van der Waals surface area contributed by atoms with Crippen LogP contribution in [0.15, 0.2) is 24.3 Å². The van der Waals surface area contributed by atoms with Crippen molar-refractivity contribution in [2.24, 2.45) is 5.92 Å². The summed E-state index contributed by atoms with van der Waals surface area (Å²) in [6.07, 6.45) is 3.53. The maximum Gasteiger partial charge on any atom is 0.446 e. The van der Waals surface area contributed by atoms with Crippen molar-refractivity contribution in [3.63, 3.8) is 0 Å². The Morgan fingerprint density at radius 3 is 2.73 bits per heavy atom. The van der Waals surface area contributed by atoms with Crippen molar-refractivity contribution in [2.75, 3.05) is 20.6 Å². The van der Waals surface area contributed by atoms with Crippen molar-refractivity contribution < 1.29 is 22.3 Å². The fourth-order valence-electron chi connectivity index (χ4n) is 3.23. The molecule has 22 heavy (non-hydrogen) atoms. The zero-order valence-electron chi connectivity index (χ0n) is 12.9. The van der Waals surface area contributed by atoms with Crippen molar-refractivity contribution >= 4 is 10.4 Å². The van der Waals surface area contributed by atoms with Gasteiger partial charge < -0.3 is 14.2 Å². The summed E-state index contributed by atoms with van der Waals surface area (Å²) in [6, 6.07) is 6.31. The fraction of sp³-hybridized carbons (Fsp3) is 0.600. The summed E-state index contributed by atoms with van der Waals surface area (Å²) in [7, 11) is -0.636. The second-order valence-corrected chi connectivity index (χ2v) is 7.19. The molecule has 0 aliphatic heterocycles. The molecule has 6 nitrogen and oxygen atoms in total. The summed E-state index contributed by atoms with van der Waals surface area (Å²) >= 11 is 0. The van der Waals surface area contributed by atoms with Gasteiger partial charge in [0.2, 0.25) is 0 Å². The van der Waals surface area contributed by atoms with Gasteiger partial charge in [-0.2, -0.15) is 8.42 Å². The average Bonchev–Trinajstić information content (AvgIpc) is 2.39. The lowest BCUT2D eigenvalue weighted by atomic mass is 9.71. The van der Waals surface area contributed by atoms with Crippen LogP contribution in [0.25, 0.3) is 0 Å². The highest BCUT2D eigenvalue weighted by Gasteiger charge is 2.40. The molecule has 0 bridgehead atoms. The lowest BCUT2D eigenvalue weighted by Crippen LogP contribution is -2.43. The molecule has 1 aromatic carbocycles. The number of hydrogen-bond donors (Lipinski definition) is 2. The van der Waals surface area contributed by atoms with Crippen LogP contribution >= 0.6 is 0 Å². The molecule has 2 rings (SSSR count). The molecule has 1 aliphatic carbocycles. The molecule has 7 heteroatoms. The molecule has 2 atom stereocenters. The van der Waals surface area contributed by atoms with Crippen LogP contribution in [-0.2, 0) is 16.0 Å². The van der Waals surface area contributed by atoms with Gasteiger partial charge in [-0.3, -0.25) is 4.55 Å². The molecule has 0 heterocycles. The van der Waals surface area contributed by atoms with Gasteiger partial charge in [0, 0.05) is 12.5 Å². The topological polar surface area (TPSA) is 87.1 Å². The van der Waals surface area contributed by atoms with Gasteiger partial charge in [0.25, 0.3) is 0 Å². The van der Waals surface area contributed by atoms with Gasteiger partial charge in [-0.05, 0) is 44.6 Å². The first-order chi connectivity index (χ1) is 10.2. The van der Waals surface area contributed by atoms with Gasteiger partial charge in [0.05, 0.1) is 5.60 Å². The van der Waals surface area contributed by atoms with Crippen LogP contribution in [0.2, 0.25) is 0 Å². The van der Waals surface area contributed by atoms with E-state index in [2.05, 4.69) is 4.18 Å². The highest BCUT2D eigenvalue weighted by Crippen LogP contribution is 2.42. The predicted octanol–water partition coefficient (Wildman–Crippen LogP) is 1.81. The van der Waals surface area contributed by atoms with Crippen LogP contribution in [0, 0.1) is 5.92 Å². The van der Waals surface area contributed by atoms with Crippen LogP contribution in [0.1, 0.15) is 31.2 Å². The van der Waals surface area contributed by atoms with E-state index in [0.29, 0.717) is 12.0 Å². The second-order valence-electron chi connectivity index (χ2n) is 6.17. The summed E-state index contributed by atoms with van der Waals surface area (Å²) in [6.45, 7) is 0.750. The molecular formula is C15H23NO5S. The van der Waals surface area contributed by atoms with Gasteiger partial charge in [-0.1, -0.05) is 25.0 Å². The van der Waals surface area contributed by atoms with E-state index < -0.39 is 16.0 Å². The zero-order chi connectivity index (χ0) is 16.4. The number of nitrogens with zero attached hydrogens (tertiary/aromatic N) is 1. The number of rotatable bonds is 5. The van der Waals surface area contributed by atoms with Crippen LogP contribution < -0.4 is 4.18 Å². The lowest BCUT2D eigenvalue weighted by Gasteiger charge is -2.41. The average molecular weight is 329 g/mol. The molecule has 1 saturated carbocycles. The second kappa shape index (κ2) is 6.54. The van der Waals surface area contributed by atoms with Crippen LogP contribution in [0.3, 0.4) is 0 Å². The largest absolute Gasteiger partial charge is 0.446 e. The highest BCUT2D eigenvalue weighted by atomic mass is 32.3. The maximum absolute atomic E-state index is 11.2. The predicted molar refractivity (Wildman–Crippen MR) is 83.0 cm³/mol. The molecule has 1 fully saturated rings. The molecule has 0 saturated heterocycles. The van der Waals surface area contributed by atoms with E-state index >= 15 is 0 Å². The summed E-state index contributed by atoms with van der Waals surface area (Å²) in [5.41, 5.74) is -0.388. The minimum atomic E-state index is -4.57. The first kappa shape index (κ1) is 17.2. The van der Waals surface area contributed by atoms with E-state index in [-0.39, 0.29) is 11.7 Å². The number of hydrogen-bond acceptors (Lipinski definition) is 5. The quantitative estimate of drug-likeness (QED) is 0.801. The Balaban J connectivity index is 2.32. The Bertz CT molecular complexity index is 616. The third-order valence-corrected chi connectivity index (χ3v) is 4.56. The van der Waals surface area contributed by atoms with Crippen LogP contribution in [0.4, 0.5) is 0 Å². The standard InChI is InChI=1S/C15H23NO5S/c1-16(2)11-13-6-3-4-9-15(13,17)12-7-5-8-14(10-12)21-22(18,19)20/h5,7-8,10,13,17H,3-4,6,9,11H2,1-2H3,(H,18,19,20). The van der Waals surface area contributed by atoms with Crippen molar-refractivity contribution in [2.45, 2.75) is 31.3 Å². The molecule has 0 radical (unpaired) electrons. The van der Waals surface area contributed by atoms with E-state index in [9.17, 15) is 13.5 Å². The van der Waals surface area contributed by atoms with Crippen molar-refractivity contribution in [1.29, 1.82) is 0 Å². The lowest BCUT2D eigenvalue weighted by molar-refractivity contribution is -0.0619. The minimum absolute atomic E-state index is 0.00241. The molecule has 2 N–H and O–H groups in total. The van der Waals surface area contributed by atoms with Gasteiger partial charge in [0.15, 0.2) is 0 Å². The third kappa shape index (κ3) is 4.19. The van der Waals surface area contributed by atoms with E-state index in [1.165, 1.54) is 12.1 Å². The van der Waals surface area contributed by atoms with Gasteiger partial charge in [-0.25, -0.2) is 0 Å². The molecule has 1 aromatic rings. The summed E-state index contributed by atoms with van der Waals surface area (Å²) in [5, 5.41) is 11.2. The third-order valence-electron chi connectivity index (χ3n) is 4.16. The van der Waals surface area contributed by atoms with Gasteiger partial charge in [0.1, 0.15) is 5.75 Å². The first-order valence-electron chi connectivity index (χ1n) is 7.35. The summed E-state index contributed by atoms with van der Waals surface area (Å²) in [5.74, 6) is 0.0693. The molecule has 1 aliphatic rings. The normalized spacial score (nSPS) is 26.1. The summed E-state index contributed by atoms with van der Waals surface area (Å²) in [4.78, 5) is 2.04. The fourth-order valence-corrected chi connectivity index (χ4v) is 3.58. The Labute approximate surface area is 131 Å². The van der Waals surface area contributed by atoms with Crippen molar-refractivity contribution in [1.82, 2.24) is 4.90 Å². The van der Waals surface area contributed by atoms with Gasteiger partial charge in [-0.15, -0.1) is 0 Å². The molecule has 2 unspecified atom stereocenters. The first-order valence-corrected chi connectivity index (χ1v) is 8.72. The van der Waals surface area contributed by atoms with Crippen molar-refractivity contribution in [3.05, 3.63) is 29.8 Å². The molecule has 0 amide bonds. The summed E-state index contributed by atoms with van der Waals surface area (Å²) < 4.78 is 35.0. The molecule has 124 valence electrons. The van der Waals surface area contributed by atoms with E-state index in [1.54, 1.807) is 12.1 Å². The number of aliphatic hydroxyl groups is 1. The van der Waals surface area contributed by atoms with E-state index in [4.69, 9.17) is 4.55 Å². The Hall–Kier alpha value is -1.15. The van der Waals surface area contributed by atoms with Gasteiger partial charge >= 0.3 is 10.4 Å². The van der Waals surface area contributed by atoms with Crippen molar-refractivity contribution in [3.8, 4) is 5.75 Å². The number of benzene rings is 1. The maximum atomic E-state index is 11.2. The zero-order valence-corrected chi connectivity index (χ0v) is 13.7. The molecule has 0 aromatic heterocycles. The van der Waals surface area contributed by atoms with Crippen LogP contribution in [-0.4, -0.2) is 43.6 Å². The Kier molecular flexibility index (Phi) is 5.11. The van der Waals surface area contributed by atoms with E-state index in [0.717, 1.165) is 25.8 Å². The Morgan fingerprint density at radius 2 is 2.09 bits per heavy atom. The van der Waals surface area contributed by atoms with E-state index in [1.807, 2.05) is 19.0 Å². The smallest absolute Gasteiger partial charge is 0.385 e. The molecular weight excluding hydrogens is 306 g/mol. The van der Waals surface area contributed by atoms with Crippen LogP contribution in [0.5, 0.6) is 5.75 Å². The highest BCUT2D eigenvalue weighted by molar-refractivity contribution is 7.81. The monoisotopic (exact) mass is 329 g/mol. The Morgan fingerprint density at radius 1 is 1.36 bits per heavy atom.